The second-order valence-corrected chi connectivity index (χ2v) is 13.1. The number of carbonyl (C=O) groups is 2. The molecule has 2 aromatic carbocycles. The lowest BCUT2D eigenvalue weighted by Crippen LogP contribution is -2.26. The van der Waals surface area contributed by atoms with Gasteiger partial charge in [0.25, 0.3) is 11.8 Å². The number of aromatic nitrogens is 3. The lowest BCUT2D eigenvalue weighted by Gasteiger charge is -2.17. The normalized spacial score (nSPS) is 18.8. The lowest BCUT2D eigenvalue weighted by molar-refractivity contribution is 0.0776. The number of aryl methyl sites for hydroxylation is 2. The molecule has 3 atom stereocenters. The molecule has 1 aliphatic carbocycles. The van der Waals surface area contributed by atoms with Gasteiger partial charge in [-0.2, -0.15) is 0 Å². The van der Waals surface area contributed by atoms with Gasteiger partial charge < -0.3 is 14.6 Å². The highest BCUT2D eigenvalue weighted by atomic mass is 32.1. The van der Waals surface area contributed by atoms with E-state index >= 15 is 4.39 Å². The standard InChI is InChI=1S/C35H29F2N5O3S/c1-18-40-41-34(45-18)29-25(17-23(37)20-8-11-21(36)12-9-20)38-32-26-7-4-16-42(26)35(44)31(32)30(29)27-14-15-28(46-27)33(43)39-24-13-10-19-5-2-3-6-22(19)24/h2-3,5-6,8-9,11-12,14-15,23-24,26H,4,7,10,13,16-17H2,1H3,(H,39,43)/t23-,24-,26-/m1/s1. The molecule has 8 nitrogen and oxygen atoms in total. The van der Waals surface area contributed by atoms with Crippen molar-refractivity contribution in [2.75, 3.05) is 6.54 Å². The minimum atomic E-state index is -1.52. The van der Waals surface area contributed by atoms with Crippen LogP contribution in [0.3, 0.4) is 0 Å². The monoisotopic (exact) mass is 637 g/mol. The number of carbonyl (C=O) groups excluding carboxylic acids is 2. The van der Waals surface area contributed by atoms with Gasteiger partial charge in [0.2, 0.25) is 11.8 Å². The molecule has 1 N–H and O–H groups in total. The highest BCUT2D eigenvalue weighted by molar-refractivity contribution is 7.17. The topological polar surface area (TPSA) is 101 Å². The van der Waals surface area contributed by atoms with Crippen LogP contribution in [0.1, 0.15) is 91.5 Å². The molecule has 3 aromatic heterocycles. The third-order valence-corrected chi connectivity index (χ3v) is 10.3. The van der Waals surface area contributed by atoms with Gasteiger partial charge in [-0.05, 0) is 66.6 Å². The number of alkyl halides is 1. The van der Waals surface area contributed by atoms with Crippen molar-refractivity contribution < 1.29 is 22.8 Å². The van der Waals surface area contributed by atoms with E-state index in [0.717, 1.165) is 31.2 Å². The van der Waals surface area contributed by atoms with Crippen molar-refractivity contribution in [2.45, 2.75) is 57.3 Å². The number of benzene rings is 2. The first-order chi connectivity index (χ1) is 22.4. The average molecular weight is 638 g/mol. The van der Waals surface area contributed by atoms with Gasteiger partial charge in [-0.15, -0.1) is 21.5 Å². The van der Waals surface area contributed by atoms with E-state index in [9.17, 15) is 14.0 Å². The predicted molar refractivity (Wildman–Crippen MR) is 168 cm³/mol. The fourth-order valence-electron chi connectivity index (χ4n) is 7.06. The summed E-state index contributed by atoms with van der Waals surface area (Å²) in [7, 11) is 0. The van der Waals surface area contributed by atoms with Crippen LogP contribution in [0.2, 0.25) is 0 Å². The van der Waals surface area contributed by atoms with Gasteiger partial charge in [-0.25, -0.2) is 8.78 Å². The molecule has 8 rings (SSSR count). The van der Waals surface area contributed by atoms with E-state index in [-0.39, 0.29) is 36.2 Å². The summed E-state index contributed by atoms with van der Waals surface area (Å²) in [6.07, 6.45) is 1.66. The Labute approximate surface area is 267 Å². The zero-order valence-corrected chi connectivity index (χ0v) is 25.7. The van der Waals surface area contributed by atoms with Crippen LogP contribution in [0.5, 0.6) is 0 Å². The summed E-state index contributed by atoms with van der Waals surface area (Å²) in [5.74, 6) is -0.387. The minimum Gasteiger partial charge on any atom is -0.421 e. The molecular formula is C35H29F2N5O3S. The number of nitrogens with one attached hydrogen (secondary N) is 1. The maximum Gasteiger partial charge on any atom is 0.261 e. The molecule has 0 radical (unpaired) electrons. The molecule has 2 amide bonds. The molecule has 11 heteroatoms. The van der Waals surface area contributed by atoms with Crippen LogP contribution in [-0.2, 0) is 12.8 Å². The van der Waals surface area contributed by atoms with Gasteiger partial charge in [0.1, 0.15) is 12.0 Å². The van der Waals surface area contributed by atoms with Gasteiger partial charge in [-0.1, -0.05) is 36.4 Å². The second-order valence-electron chi connectivity index (χ2n) is 12.0. The largest absolute Gasteiger partial charge is 0.421 e. The minimum absolute atomic E-state index is 0.0790. The molecule has 2 aliphatic heterocycles. The van der Waals surface area contributed by atoms with Gasteiger partial charge in [0, 0.05) is 30.3 Å². The average Bonchev–Trinajstić information content (AvgIpc) is 3.89. The first-order valence-electron chi connectivity index (χ1n) is 15.4. The fourth-order valence-corrected chi connectivity index (χ4v) is 8.03. The van der Waals surface area contributed by atoms with Crippen LogP contribution < -0.4 is 5.32 Å². The Balaban J connectivity index is 1.24. The van der Waals surface area contributed by atoms with Gasteiger partial charge in [0.15, 0.2) is 0 Å². The molecule has 1 fully saturated rings. The van der Waals surface area contributed by atoms with E-state index in [1.807, 2.05) is 23.1 Å². The number of thiophene rings is 1. The van der Waals surface area contributed by atoms with Gasteiger partial charge in [-0.3, -0.25) is 14.6 Å². The van der Waals surface area contributed by atoms with E-state index < -0.39 is 12.0 Å². The molecular weight excluding hydrogens is 608 g/mol. The molecule has 3 aliphatic rings. The van der Waals surface area contributed by atoms with Crippen LogP contribution in [0, 0.1) is 12.7 Å². The van der Waals surface area contributed by atoms with Crippen molar-refractivity contribution in [3.8, 4) is 21.9 Å². The van der Waals surface area contributed by atoms with Crippen LogP contribution in [0.15, 0.2) is 65.1 Å². The number of amides is 2. The Morgan fingerprint density at radius 2 is 1.89 bits per heavy atom. The Hall–Kier alpha value is -4.77. The van der Waals surface area contributed by atoms with Crippen molar-refractivity contribution >= 4 is 23.2 Å². The van der Waals surface area contributed by atoms with Crippen LogP contribution >= 0.6 is 11.3 Å². The van der Waals surface area contributed by atoms with Crippen LogP contribution in [0.4, 0.5) is 8.78 Å². The van der Waals surface area contributed by atoms with Crippen LogP contribution in [0.25, 0.3) is 21.9 Å². The molecule has 0 saturated carbocycles. The zero-order chi connectivity index (χ0) is 31.5. The van der Waals surface area contributed by atoms with E-state index in [1.54, 1.807) is 13.0 Å². The third-order valence-electron chi connectivity index (χ3n) is 9.20. The maximum atomic E-state index is 15.9. The summed E-state index contributed by atoms with van der Waals surface area (Å²) in [6, 6.07) is 16.7. The molecule has 0 spiro atoms. The molecule has 46 heavy (non-hydrogen) atoms. The predicted octanol–water partition coefficient (Wildman–Crippen LogP) is 7.27. The first-order valence-corrected chi connectivity index (χ1v) is 16.2. The summed E-state index contributed by atoms with van der Waals surface area (Å²) in [5.41, 5.74) is 4.95. The highest BCUT2D eigenvalue weighted by Crippen LogP contribution is 2.49. The number of rotatable bonds is 7. The Morgan fingerprint density at radius 1 is 1.07 bits per heavy atom. The second kappa shape index (κ2) is 11.2. The summed E-state index contributed by atoms with van der Waals surface area (Å²) in [4.78, 5) is 35.4. The van der Waals surface area contributed by atoms with E-state index in [0.29, 0.717) is 55.8 Å². The van der Waals surface area contributed by atoms with Crippen molar-refractivity contribution in [3.63, 3.8) is 0 Å². The number of hydrogen-bond acceptors (Lipinski definition) is 7. The van der Waals surface area contributed by atoms with Crippen molar-refractivity contribution in [1.29, 1.82) is 0 Å². The van der Waals surface area contributed by atoms with Gasteiger partial charge >= 0.3 is 0 Å². The molecule has 232 valence electrons. The quantitative estimate of drug-likeness (QED) is 0.202. The van der Waals surface area contributed by atoms with E-state index in [4.69, 9.17) is 9.40 Å². The van der Waals surface area contributed by atoms with Crippen LogP contribution in [-0.4, -0.2) is 38.4 Å². The summed E-state index contributed by atoms with van der Waals surface area (Å²) in [5, 5.41) is 11.5. The van der Waals surface area contributed by atoms with Crippen molar-refractivity contribution in [1.82, 2.24) is 25.4 Å². The highest BCUT2D eigenvalue weighted by Gasteiger charge is 2.45. The van der Waals surface area contributed by atoms with E-state index in [1.165, 1.54) is 41.2 Å². The Bertz CT molecular complexity index is 2010. The SMILES string of the molecule is Cc1nnc(-c2c(C[C@@H](F)c3ccc(F)cc3)nc3c(c2-c2ccc(C(=O)N[C@@H]4CCc5ccccc54)s2)C(=O)N2CCC[C@H]32)o1. The summed E-state index contributed by atoms with van der Waals surface area (Å²) >= 11 is 1.26. The Kier molecular flexibility index (Phi) is 7.01. The molecule has 1 saturated heterocycles. The summed E-state index contributed by atoms with van der Waals surface area (Å²) in [6.45, 7) is 2.26. The fraction of sp³-hybridized carbons (Fsp3) is 0.286. The molecule has 0 unspecified atom stereocenters. The van der Waals surface area contributed by atoms with Gasteiger partial charge in [0.05, 0.1) is 39.5 Å². The molecule has 0 bridgehead atoms. The Morgan fingerprint density at radius 3 is 2.70 bits per heavy atom. The first kappa shape index (κ1) is 28.7. The number of halogens is 2. The maximum absolute atomic E-state index is 15.9. The van der Waals surface area contributed by atoms with Crippen molar-refractivity contribution in [3.05, 3.63) is 111 Å². The number of hydrogen-bond donors (Lipinski definition) is 1. The smallest absolute Gasteiger partial charge is 0.261 e. The molecule has 5 aromatic rings. The number of nitrogens with zero attached hydrogens (tertiary/aromatic N) is 4. The van der Waals surface area contributed by atoms with Crippen molar-refractivity contribution in [2.24, 2.45) is 0 Å². The summed E-state index contributed by atoms with van der Waals surface area (Å²) < 4.78 is 35.5. The van der Waals surface area contributed by atoms with E-state index in [2.05, 4.69) is 27.6 Å². The lowest BCUT2D eigenvalue weighted by atomic mass is 9.92. The zero-order valence-electron chi connectivity index (χ0n) is 24.9. The molecule has 5 heterocycles. The third kappa shape index (κ3) is 4.81. The number of fused-ring (bicyclic) bond motifs is 4. The number of pyridine rings is 1.